The summed E-state index contributed by atoms with van der Waals surface area (Å²) in [6.45, 7) is 5.21. The molecule has 1 unspecified atom stereocenters. The fourth-order valence-electron chi connectivity index (χ4n) is 1.15. The summed E-state index contributed by atoms with van der Waals surface area (Å²) in [5.41, 5.74) is 0. The maximum absolute atomic E-state index is 4.24. The molecule has 9 heavy (non-hydrogen) atoms. The molecule has 1 N–H and O–H groups in total. The predicted octanol–water partition coefficient (Wildman–Crippen LogP) is 1.18. The van der Waals surface area contributed by atoms with Crippen LogP contribution < -0.4 is 5.32 Å². The SMILES string of the molecule is CCCC1CN=C(C)N1. The lowest BCUT2D eigenvalue weighted by Crippen LogP contribution is -2.28. The summed E-state index contributed by atoms with van der Waals surface area (Å²) in [4.78, 5) is 4.24. The molecule has 1 atom stereocenters. The third kappa shape index (κ3) is 1.70. The van der Waals surface area contributed by atoms with Gasteiger partial charge in [-0.15, -0.1) is 0 Å². The van der Waals surface area contributed by atoms with Gasteiger partial charge in [-0.3, -0.25) is 4.99 Å². The van der Waals surface area contributed by atoms with Crippen molar-refractivity contribution >= 4 is 5.84 Å². The van der Waals surface area contributed by atoms with Crippen LogP contribution >= 0.6 is 0 Å². The third-order valence-electron chi connectivity index (χ3n) is 1.60. The Morgan fingerprint density at radius 2 is 2.56 bits per heavy atom. The number of hydrogen-bond donors (Lipinski definition) is 1. The molecule has 1 heterocycles. The monoisotopic (exact) mass is 126 g/mol. The normalized spacial score (nSPS) is 25.6. The van der Waals surface area contributed by atoms with E-state index in [0.717, 1.165) is 12.4 Å². The highest BCUT2D eigenvalue weighted by Gasteiger charge is 2.11. The van der Waals surface area contributed by atoms with Crippen LogP contribution in [-0.4, -0.2) is 18.4 Å². The second kappa shape index (κ2) is 2.85. The maximum atomic E-state index is 4.24. The second-order valence-electron chi connectivity index (χ2n) is 2.56. The van der Waals surface area contributed by atoms with Crippen LogP contribution in [0.25, 0.3) is 0 Å². The summed E-state index contributed by atoms with van der Waals surface area (Å²) in [5.74, 6) is 1.11. The first-order valence-corrected chi connectivity index (χ1v) is 3.60. The van der Waals surface area contributed by atoms with E-state index in [9.17, 15) is 0 Å². The Kier molecular flexibility index (Phi) is 2.09. The van der Waals surface area contributed by atoms with E-state index >= 15 is 0 Å². The first-order chi connectivity index (χ1) is 4.33. The van der Waals surface area contributed by atoms with Gasteiger partial charge in [0.1, 0.15) is 0 Å². The lowest BCUT2D eigenvalue weighted by atomic mass is 10.2. The fourth-order valence-corrected chi connectivity index (χ4v) is 1.15. The highest BCUT2D eigenvalue weighted by molar-refractivity contribution is 5.81. The molecule has 52 valence electrons. The highest BCUT2D eigenvalue weighted by atomic mass is 15.1. The van der Waals surface area contributed by atoms with Crippen molar-refractivity contribution in [3.63, 3.8) is 0 Å². The van der Waals surface area contributed by atoms with E-state index in [1.54, 1.807) is 0 Å². The van der Waals surface area contributed by atoms with Gasteiger partial charge in [0, 0.05) is 6.04 Å². The molecule has 1 aliphatic rings. The molecule has 0 aromatic rings. The van der Waals surface area contributed by atoms with Gasteiger partial charge in [0.05, 0.1) is 12.4 Å². The van der Waals surface area contributed by atoms with E-state index in [4.69, 9.17) is 0 Å². The second-order valence-corrected chi connectivity index (χ2v) is 2.56. The van der Waals surface area contributed by atoms with Crippen molar-refractivity contribution in [1.29, 1.82) is 0 Å². The van der Waals surface area contributed by atoms with Gasteiger partial charge < -0.3 is 5.32 Å². The van der Waals surface area contributed by atoms with E-state index in [-0.39, 0.29) is 0 Å². The van der Waals surface area contributed by atoms with E-state index in [0.29, 0.717) is 6.04 Å². The molecule has 0 aliphatic carbocycles. The Hall–Kier alpha value is -0.530. The molecule has 1 aliphatic heterocycles. The van der Waals surface area contributed by atoms with Crippen molar-refractivity contribution in [2.75, 3.05) is 6.54 Å². The van der Waals surface area contributed by atoms with Gasteiger partial charge in [-0.1, -0.05) is 13.3 Å². The topological polar surface area (TPSA) is 24.4 Å². The number of hydrogen-bond acceptors (Lipinski definition) is 2. The summed E-state index contributed by atoms with van der Waals surface area (Å²) < 4.78 is 0. The Balaban J connectivity index is 2.21. The van der Waals surface area contributed by atoms with Gasteiger partial charge >= 0.3 is 0 Å². The van der Waals surface area contributed by atoms with Crippen LogP contribution in [0.2, 0.25) is 0 Å². The van der Waals surface area contributed by atoms with Crippen molar-refractivity contribution in [1.82, 2.24) is 5.32 Å². The average Bonchev–Trinajstić information content (AvgIpc) is 2.17. The molecule has 0 aromatic carbocycles. The minimum atomic E-state index is 0.634. The first kappa shape index (κ1) is 6.59. The molecule has 0 spiro atoms. The molecule has 0 amide bonds. The first-order valence-electron chi connectivity index (χ1n) is 3.60. The standard InChI is InChI=1S/C7H14N2/c1-3-4-7-5-8-6(2)9-7/h7H,3-5H2,1-2H3,(H,8,9). The Morgan fingerprint density at radius 1 is 1.78 bits per heavy atom. The minimum absolute atomic E-state index is 0.634. The van der Waals surface area contributed by atoms with Crippen LogP contribution in [0.4, 0.5) is 0 Å². The molecule has 0 aromatic heterocycles. The van der Waals surface area contributed by atoms with Crippen molar-refractivity contribution in [3.05, 3.63) is 0 Å². The molecule has 1 rings (SSSR count). The zero-order valence-electron chi connectivity index (χ0n) is 6.15. The van der Waals surface area contributed by atoms with Gasteiger partial charge in [0.25, 0.3) is 0 Å². The third-order valence-corrected chi connectivity index (χ3v) is 1.60. The van der Waals surface area contributed by atoms with E-state index in [1.165, 1.54) is 12.8 Å². The van der Waals surface area contributed by atoms with Crippen LogP contribution in [-0.2, 0) is 0 Å². The van der Waals surface area contributed by atoms with E-state index < -0.39 is 0 Å². The van der Waals surface area contributed by atoms with E-state index in [2.05, 4.69) is 17.2 Å². The number of amidine groups is 1. The minimum Gasteiger partial charge on any atom is -0.369 e. The van der Waals surface area contributed by atoms with Crippen LogP contribution in [0.5, 0.6) is 0 Å². The Morgan fingerprint density at radius 3 is 3.00 bits per heavy atom. The largest absolute Gasteiger partial charge is 0.369 e. The zero-order valence-corrected chi connectivity index (χ0v) is 6.15. The van der Waals surface area contributed by atoms with Crippen LogP contribution in [0.15, 0.2) is 4.99 Å². The van der Waals surface area contributed by atoms with Gasteiger partial charge in [-0.2, -0.15) is 0 Å². The number of rotatable bonds is 2. The predicted molar refractivity (Wildman–Crippen MR) is 39.8 cm³/mol. The number of nitrogens with one attached hydrogen (secondary N) is 1. The van der Waals surface area contributed by atoms with Gasteiger partial charge in [0.15, 0.2) is 0 Å². The molecule has 0 fully saturated rings. The van der Waals surface area contributed by atoms with Crippen molar-refractivity contribution < 1.29 is 0 Å². The lowest BCUT2D eigenvalue weighted by molar-refractivity contribution is 0.591. The Labute approximate surface area is 56.4 Å². The number of nitrogens with zero attached hydrogens (tertiary/aromatic N) is 1. The molecular formula is C7H14N2. The van der Waals surface area contributed by atoms with Gasteiger partial charge in [-0.25, -0.2) is 0 Å². The van der Waals surface area contributed by atoms with Crippen LogP contribution in [0.1, 0.15) is 26.7 Å². The van der Waals surface area contributed by atoms with Crippen molar-refractivity contribution in [2.24, 2.45) is 4.99 Å². The van der Waals surface area contributed by atoms with Crippen molar-refractivity contribution in [2.45, 2.75) is 32.7 Å². The maximum Gasteiger partial charge on any atom is 0.0935 e. The molecule has 0 saturated heterocycles. The lowest BCUT2D eigenvalue weighted by Gasteiger charge is -2.07. The zero-order chi connectivity index (χ0) is 6.69. The number of aliphatic imine (C=N–C) groups is 1. The van der Waals surface area contributed by atoms with Crippen molar-refractivity contribution in [3.8, 4) is 0 Å². The molecule has 0 radical (unpaired) electrons. The summed E-state index contributed by atoms with van der Waals surface area (Å²) in [5, 5.41) is 3.30. The smallest absolute Gasteiger partial charge is 0.0935 e. The van der Waals surface area contributed by atoms with Gasteiger partial charge in [0.2, 0.25) is 0 Å². The summed E-state index contributed by atoms with van der Waals surface area (Å²) in [6, 6.07) is 0.634. The summed E-state index contributed by atoms with van der Waals surface area (Å²) in [7, 11) is 0. The fraction of sp³-hybridized carbons (Fsp3) is 0.857. The van der Waals surface area contributed by atoms with Gasteiger partial charge in [-0.05, 0) is 13.3 Å². The quantitative estimate of drug-likeness (QED) is 0.590. The highest BCUT2D eigenvalue weighted by Crippen LogP contribution is 2.02. The summed E-state index contributed by atoms with van der Waals surface area (Å²) >= 11 is 0. The van der Waals surface area contributed by atoms with Crippen LogP contribution in [0.3, 0.4) is 0 Å². The molecule has 0 bridgehead atoms. The van der Waals surface area contributed by atoms with E-state index in [1.807, 2.05) is 6.92 Å². The molecule has 2 nitrogen and oxygen atoms in total. The summed E-state index contributed by atoms with van der Waals surface area (Å²) in [6.07, 6.45) is 2.50. The molecule has 0 saturated carbocycles. The Bertz CT molecular complexity index is 118. The molecular weight excluding hydrogens is 112 g/mol. The average molecular weight is 126 g/mol. The van der Waals surface area contributed by atoms with Crippen LogP contribution in [0, 0.1) is 0 Å². The molecule has 2 heteroatoms.